The maximum absolute atomic E-state index is 12.1. The minimum absolute atomic E-state index is 0.0701. The third kappa shape index (κ3) is 4.51. The standard InChI is InChI=1S/C12H10F2O3/c1-2-16-11(15)8-7-9-5-3-4-6-10(9)17-12(13)14/h3-6,12H,2H2,1H3. The van der Waals surface area contributed by atoms with Crippen molar-refractivity contribution in [1.82, 2.24) is 0 Å². The Morgan fingerprint density at radius 3 is 2.76 bits per heavy atom. The number of rotatable bonds is 3. The first kappa shape index (κ1) is 13.0. The van der Waals surface area contributed by atoms with Crippen LogP contribution in [0.4, 0.5) is 8.78 Å². The lowest BCUT2D eigenvalue weighted by Gasteiger charge is -2.05. The smallest absolute Gasteiger partial charge is 0.387 e. The van der Waals surface area contributed by atoms with E-state index < -0.39 is 12.6 Å². The Bertz CT molecular complexity index is 447. The first-order valence-corrected chi connectivity index (χ1v) is 4.86. The molecule has 90 valence electrons. The van der Waals surface area contributed by atoms with Crippen LogP contribution >= 0.6 is 0 Å². The summed E-state index contributed by atoms with van der Waals surface area (Å²) in [4.78, 5) is 11.0. The zero-order valence-corrected chi connectivity index (χ0v) is 9.07. The quantitative estimate of drug-likeness (QED) is 0.600. The lowest BCUT2D eigenvalue weighted by molar-refractivity contribution is -0.136. The number of hydrogen-bond acceptors (Lipinski definition) is 3. The highest BCUT2D eigenvalue weighted by Gasteiger charge is 2.07. The van der Waals surface area contributed by atoms with Gasteiger partial charge in [-0.1, -0.05) is 18.1 Å². The van der Waals surface area contributed by atoms with Crippen molar-refractivity contribution in [2.75, 3.05) is 6.61 Å². The molecule has 0 amide bonds. The number of ether oxygens (including phenoxy) is 2. The van der Waals surface area contributed by atoms with Crippen LogP contribution in [0.3, 0.4) is 0 Å². The van der Waals surface area contributed by atoms with Crippen molar-refractivity contribution in [2.24, 2.45) is 0 Å². The zero-order chi connectivity index (χ0) is 12.7. The molecule has 0 atom stereocenters. The second-order valence-corrected chi connectivity index (χ2v) is 2.85. The largest absolute Gasteiger partial charge is 0.456 e. The van der Waals surface area contributed by atoms with E-state index in [1.807, 2.05) is 0 Å². The van der Waals surface area contributed by atoms with Gasteiger partial charge in [-0.15, -0.1) is 0 Å². The zero-order valence-electron chi connectivity index (χ0n) is 9.07. The molecule has 3 nitrogen and oxygen atoms in total. The highest BCUT2D eigenvalue weighted by Crippen LogP contribution is 2.18. The number of esters is 1. The average molecular weight is 240 g/mol. The van der Waals surface area contributed by atoms with Crippen molar-refractivity contribution < 1.29 is 23.0 Å². The molecule has 0 N–H and O–H groups in total. The monoisotopic (exact) mass is 240 g/mol. The Morgan fingerprint density at radius 2 is 2.12 bits per heavy atom. The van der Waals surface area contributed by atoms with E-state index in [0.29, 0.717) is 0 Å². The van der Waals surface area contributed by atoms with Gasteiger partial charge < -0.3 is 9.47 Å². The van der Waals surface area contributed by atoms with Crippen LogP contribution in [0, 0.1) is 11.8 Å². The number of alkyl halides is 2. The average Bonchev–Trinajstić information content (AvgIpc) is 2.27. The molecule has 5 heteroatoms. The molecule has 0 aliphatic heterocycles. The maximum Gasteiger partial charge on any atom is 0.387 e. The van der Waals surface area contributed by atoms with Crippen LogP contribution in [0.2, 0.25) is 0 Å². The molecule has 0 fully saturated rings. The van der Waals surface area contributed by atoms with Crippen LogP contribution in [0.15, 0.2) is 24.3 Å². The fourth-order valence-electron chi connectivity index (χ4n) is 1.05. The van der Waals surface area contributed by atoms with Gasteiger partial charge >= 0.3 is 12.6 Å². The summed E-state index contributed by atoms with van der Waals surface area (Å²) in [5.74, 6) is 3.82. The van der Waals surface area contributed by atoms with Gasteiger partial charge in [-0.3, -0.25) is 0 Å². The number of halogens is 2. The summed E-state index contributed by atoms with van der Waals surface area (Å²) in [5, 5.41) is 0. The number of hydrogen-bond donors (Lipinski definition) is 0. The van der Waals surface area contributed by atoms with Crippen LogP contribution in [0.5, 0.6) is 5.75 Å². The Hall–Kier alpha value is -2.09. The predicted octanol–water partition coefficient (Wildman–Crippen LogP) is 2.20. The van der Waals surface area contributed by atoms with Crippen LogP contribution < -0.4 is 4.74 Å². The number of para-hydroxylation sites is 1. The van der Waals surface area contributed by atoms with E-state index in [0.717, 1.165) is 0 Å². The second kappa shape index (κ2) is 6.48. The highest BCUT2D eigenvalue weighted by molar-refractivity contribution is 5.89. The lowest BCUT2D eigenvalue weighted by atomic mass is 10.2. The molecular formula is C12H10F2O3. The molecule has 1 rings (SSSR count). The molecule has 0 heterocycles. The lowest BCUT2D eigenvalue weighted by Crippen LogP contribution is -2.03. The molecule has 0 saturated heterocycles. The van der Waals surface area contributed by atoms with Gasteiger partial charge in [-0.25, -0.2) is 4.79 Å². The highest BCUT2D eigenvalue weighted by atomic mass is 19.3. The van der Waals surface area contributed by atoms with E-state index in [9.17, 15) is 13.6 Å². The minimum Gasteiger partial charge on any atom is -0.456 e. The summed E-state index contributed by atoms with van der Waals surface area (Å²) in [7, 11) is 0. The van der Waals surface area contributed by atoms with Crippen molar-refractivity contribution >= 4 is 5.97 Å². The molecule has 0 unspecified atom stereocenters. The molecule has 1 aromatic carbocycles. The van der Waals surface area contributed by atoms with E-state index in [2.05, 4.69) is 21.3 Å². The first-order chi connectivity index (χ1) is 8.13. The van der Waals surface area contributed by atoms with E-state index >= 15 is 0 Å². The molecule has 0 saturated carbocycles. The molecule has 1 aromatic rings. The minimum atomic E-state index is -2.93. The maximum atomic E-state index is 12.1. The van der Waals surface area contributed by atoms with Gasteiger partial charge in [-0.2, -0.15) is 8.78 Å². The third-order valence-corrected chi connectivity index (χ3v) is 1.68. The molecule has 0 spiro atoms. The summed E-state index contributed by atoms with van der Waals surface area (Å²) < 4.78 is 32.9. The molecule has 17 heavy (non-hydrogen) atoms. The normalized spacial score (nSPS) is 9.41. The van der Waals surface area contributed by atoms with Crippen molar-refractivity contribution in [1.29, 1.82) is 0 Å². The molecule has 0 aliphatic carbocycles. The Kier molecular flexibility index (Phi) is 4.95. The van der Waals surface area contributed by atoms with Gasteiger partial charge in [0.05, 0.1) is 12.2 Å². The van der Waals surface area contributed by atoms with Gasteiger partial charge in [0.2, 0.25) is 0 Å². The summed E-state index contributed by atoms with van der Waals surface area (Å²) in [6.45, 7) is -1.07. The number of benzene rings is 1. The second-order valence-electron chi connectivity index (χ2n) is 2.85. The van der Waals surface area contributed by atoms with Crippen molar-refractivity contribution in [3.05, 3.63) is 29.8 Å². The fourth-order valence-corrected chi connectivity index (χ4v) is 1.05. The van der Waals surface area contributed by atoms with Crippen LogP contribution in [-0.4, -0.2) is 19.2 Å². The molecular weight excluding hydrogens is 230 g/mol. The Balaban J connectivity index is 2.86. The molecule has 0 bridgehead atoms. The topological polar surface area (TPSA) is 35.5 Å². The van der Waals surface area contributed by atoms with Gasteiger partial charge in [0.1, 0.15) is 5.75 Å². The van der Waals surface area contributed by atoms with E-state index in [-0.39, 0.29) is 17.9 Å². The third-order valence-electron chi connectivity index (χ3n) is 1.68. The predicted molar refractivity (Wildman–Crippen MR) is 56.6 cm³/mol. The summed E-state index contributed by atoms with van der Waals surface area (Å²) in [5.41, 5.74) is 0.209. The van der Waals surface area contributed by atoms with Gasteiger partial charge in [0.15, 0.2) is 0 Å². The van der Waals surface area contributed by atoms with Crippen LogP contribution in [0.25, 0.3) is 0 Å². The van der Waals surface area contributed by atoms with Crippen LogP contribution in [-0.2, 0) is 9.53 Å². The van der Waals surface area contributed by atoms with E-state index in [1.165, 1.54) is 18.2 Å². The summed E-state index contributed by atoms with van der Waals surface area (Å²) >= 11 is 0. The molecule has 0 radical (unpaired) electrons. The summed E-state index contributed by atoms with van der Waals surface area (Å²) in [6, 6.07) is 5.96. The fraction of sp³-hybridized carbons (Fsp3) is 0.250. The number of carbonyl (C=O) groups is 1. The molecule has 0 aliphatic rings. The summed E-state index contributed by atoms with van der Waals surface area (Å²) in [6.07, 6.45) is 0. The molecule has 0 aromatic heterocycles. The Morgan fingerprint density at radius 1 is 1.41 bits per heavy atom. The van der Waals surface area contributed by atoms with Gasteiger partial charge in [-0.05, 0) is 19.1 Å². The SMILES string of the molecule is CCOC(=O)C#Cc1ccccc1OC(F)F. The van der Waals surface area contributed by atoms with Crippen molar-refractivity contribution in [3.8, 4) is 17.6 Å². The van der Waals surface area contributed by atoms with Gasteiger partial charge in [0, 0.05) is 5.92 Å². The van der Waals surface area contributed by atoms with Crippen LogP contribution in [0.1, 0.15) is 12.5 Å². The van der Waals surface area contributed by atoms with E-state index in [1.54, 1.807) is 13.0 Å². The van der Waals surface area contributed by atoms with E-state index in [4.69, 9.17) is 0 Å². The van der Waals surface area contributed by atoms with Crippen molar-refractivity contribution in [3.63, 3.8) is 0 Å². The van der Waals surface area contributed by atoms with Gasteiger partial charge in [0.25, 0.3) is 0 Å². The number of carbonyl (C=O) groups excluding carboxylic acids is 1. The van der Waals surface area contributed by atoms with Crippen molar-refractivity contribution in [2.45, 2.75) is 13.5 Å². The first-order valence-electron chi connectivity index (χ1n) is 4.86. The Labute approximate surface area is 97.3 Å².